The molecule has 2 amide bonds. The summed E-state index contributed by atoms with van der Waals surface area (Å²) in [5.41, 5.74) is 0.944. The van der Waals surface area contributed by atoms with Crippen molar-refractivity contribution in [1.29, 1.82) is 0 Å². The predicted molar refractivity (Wildman–Crippen MR) is 158 cm³/mol. The summed E-state index contributed by atoms with van der Waals surface area (Å²) in [5.74, 6) is -0.237. The number of fused-ring (bicyclic) bond motifs is 6. The van der Waals surface area contributed by atoms with E-state index in [-0.39, 0.29) is 36.9 Å². The Hall–Kier alpha value is -3.78. The Kier molecular flexibility index (Phi) is 7.51. The van der Waals surface area contributed by atoms with Gasteiger partial charge in [-0.25, -0.2) is 8.42 Å². The van der Waals surface area contributed by atoms with E-state index in [9.17, 15) is 23.1 Å². The third-order valence-corrected chi connectivity index (χ3v) is 10.2. The number of nitrogens with one attached hydrogen (secondary N) is 1. The van der Waals surface area contributed by atoms with Gasteiger partial charge in [-0.05, 0) is 53.3 Å². The van der Waals surface area contributed by atoms with Gasteiger partial charge in [0, 0.05) is 27.2 Å². The zero-order valence-corrected chi connectivity index (χ0v) is 24.8. The number of aryl methyl sites for hydroxylation is 1. The molecule has 4 heterocycles. The summed E-state index contributed by atoms with van der Waals surface area (Å²) in [4.78, 5) is 31.1. The van der Waals surface area contributed by atoms with E-state index in [1.807, 2.05) is 29.6 Å². The van der Waals surface area contributed by atoms with Crippen molar-refractivity contribution in [2.45, 2.75) is 35.9 Å². The normalized spacial score (nSPS) is 21.9. The second-order valence-corrected chi connectivity index (χ2v) is 13.3. The maximum atomic E-state index is 14.0. The van der Waals surface area contributed by atoms with Crippen molar-refractivity contribution in [2.75, 3.05) is 26.7 Å². The van der Waals surface area contributed by atoms with Gasteiger partial charge in [-0.3, -0.25) is 14.3 Å². The molecule has 0 spiro atoms. The van der Waals surface area contributed by atoms with Crippen LogP contribution in [-0.4, -0.2) is 89.9 Å². The highest BCUT2D eigenvalue weighted by atomic mass is 32.2. The molecule has 3 atom stereocenters. The molecule has 13 heteroatoms. The van der Waals surface area contributed by atoms with Crippen molar-refractivity contribution in [3.05, 3.63) is 65.7 Å². The molecular weight excluding hydrogens is 578 g/mol. The van der Waals surface area contributed by atoms with Crippen LogP contribution in [0.25, 0.3) is 21.3 Å². The van der Waals surface area contributed by atoms with Gasteiger partial charge in [-0.1, -0.05) is 30.3 Å². The van der Waals surface area contributed by atoms with Crippen molar-refractivity contribution in [1.82, 2.24) is 24.3 Å². The van der Waals surface area contributed by atoms with Gasteiger partial charge < -0.3 is 19.6 Å². The second kappa shape index (κ2) is 11.1. The summed E-state index contributed by atoms with van der Waals surface area (Å²) in [6.45, 7) is 0.253. The number of aliphatic hydroxyl groups is 1. The number of benzene rings is 2. The molecule has 2 aromatic heterocycles. The number of aliphatic hydroxyl groups excluding tert-OH is 1. The van der Waals surface area contributed by atoms with Gasteiger partial charge in [0.15, 0.2) is 0 Å². The lowest BCUT2D eigenvalue weighted by Gasteiger charge is -2.30. The monoisotopic (exact) mass is 609 g/mol. The lowest BCUT2D eigenvalue weighted by atomic mass is 10.1. The Morgan fingerprint density at radius 3 is 2.67 bits per heavy atom. The SMILES string of the molecule is CN1CC[C@H](NS(=O)(=O)c2ccc3ccccc3c2)C(=O)N2C[C@@H](O)C[C@H]2COc2ccsc2-c2cc(n(C)n2)C1=O. The maximum Gasteiger partial charge on any atom is 0.271 e. The molecule has 11 nitrogen and oxygen atoms in total. The zero-order valence-electron chi connectivity index (χ0n) is 23.1. The van der Waals surface area contributed by atoms with Gasteiger partial charge in [0.2, 0.25) is 15.9 Å². The third kappa shape index (κ3) is 5.40. The average Bonchev–Trinajstić information content (AvgIpc) is 3.70. The maximum absolute atomic E-state index is 14.0. The highest BCUT2D eigenvalue weighted by Crippen LogP contribution is 2.36. The largest absolute Gasteiger partial charge is 0.490 e. The summed E-state index contributed by atoms with van der Waals surface area (Å²) in [6.07, 6.45) is -0.461. The quantitative estimate of drug-likeness (QED) is 0.365. The fourth-order valence-corrected chi connectivity index (χ4v) is 7.57. The van der Waals surface area contributed by atoms with E-state index in [1.165, 1.54) is 31.9 Å². The summed E-state index contributed by atoms with van der Waals surface area (Å²) in [5, 5.41) is 18.6. The van der Waals surface area contributed by atoms with Crippen LogP contribution >= 0.6 is 11.3 Å². The lowest BCUT2D eigenvalue weighted by Crippen LogP contribution is -2.52. The summed E-state index contributed by atoms with van der Waals surface area (Å²) in [7, 11) is -0.833. The number of hydrogen-bond acceptors (Lipinski definition) is 8. The molecule has 6 rings (SSSR count). The van der Waals surface area contributed by atoms with Crippen molar-refractivity contribution < 1.29 is 27.9 Å². The van der Waals surface area contributed by atoms with Gasteiger partial charge in [0.1, 0.15) is 29.8 Å². The molecule has 2 aliphatic rings. The Balaban J connectivity index is 1.35. The first-order chi connectivity index (χ1) is 20.1. The van der Waals surface area contributed by atoms with Crippen LogP contribution in [0.2, 0.25) is 0 Å². The molecule has 42 heavy (non-hydrogen) atoms. The van der Waals surface area contributed by atoms with Crippen LogP contribution in [0.1, 0.15) is 23.3 Å². The standard InChI is InChI=1S/C29H31N5O6S2/c1-32-11-9-23(31-42(38,39)22-8-7-18-5-3-4-6-19(18)13-22)28(36)34-16-21(35)14-20(34)17-40-26-10-12-41-27(26)24-15-25(29(32)37)33(2)30-24/h3-8,10,12-13,15,20-21,23,31,35H,9,11,14,16-17H2,1-2H3/t20-,21-,23-/m0/s1. The molecule has 4 aromatic rings. The van der Waals surface area contributed by atoms with E-state index in [2.05, 4.69) is 9.82 Å². The molecule has 2 N–H and O–H groups in total. The van der Waals surface area contributed by atoms with Gasteiger partial charge in [0.05, 0.1) is 21.9 Å². The Bertz CT molecular complexity index is 1770. The number of sulfonamides is 1. The van der Waals surface area contributed by atoms with Crippen LogP contribution in [0.5, 0.6) is 5.75 Å². The minimum atomic E-state index is -4.12. The first-order valence-electron chi connectivity index (χ1n) is 13.6. The number of aromatic nitrogens is 2. The van der Waals surface area contributed by atoms with E-state index in [1.54, 1.807) is 38.4 Å². The lowest BCUT2D eigenvalue weighted by molar-refractivity contribution is -0.134. The van der Waals surface area contributed by atoms with Crippen molar-refractivity contribution >= 4 is 43.9 Å². The Labute approximate surface area is 247 Å². The first kappa shape index (κ1) is 28.3. The number of carbonyl (C=O) groups is 2. The van der Waals surface area contributed by atoms with Crippen molar-refractivity contribution in [3.63, 3.8) is 0 Å². The molecule has 1 saturated heterocycles. The molecule has 220 valence electrons. The smallest absolute Gasteiger partial charge is 0.271 e. The molecular formula is C29H31N5O6S2. The van der Waals surface area contributed by atoms with E-state index in [0.29, 0.717) is 23.6 Å². The fraction of sp³-hybridized carbons (Fsp3) is 0.345. The highest BCUT2D eigenvalue weighted by Gasteiger charge is 2.39. The van der Waals surface area contributed by atoms with Gasteiger partial charge in [-0.2, -0.15) is 9.82 Å². The van der Waals surface area contributed by atoms with E-state index >= 15 is 0 Å². The molecule has 0 unspecified atom stereocenters. The first-order valence-corrected chi connectivity index (χ1v) is 16.0. The van der Waals surface area contributed by atoms with Crippen LogP contribution in [-0.2, 0) is 21.9 Å². The number of hydrogen-bond donors (Lipinski definition) is 2. The van der Waals surface area contributed by atoms with Crippen LogP contribution < -0.4 is 9.46 Å². The number of amides is 2. The van der Waals surface area contributed by atoms with E-state index in [0.717, 1.165) is 15.6 Å². The van der Waals surface area contributed by atoms with E-state index < -0.39 is 34.1 Å². The van der Waals surface area contributed by atoms with Gasteiger partial charge in [0.25, 0.3) is 5.91 Å². The Morgan fingerprint density at radius 1 is 1.07 bits per heavy atom. The fourth-order valence-electron chi connectivity index (χ4n) is 5.52. The van der Waals surface area contributed by atoms with Crippen LogP contribution in [0.3, 0.4) is 0 Å². The number of nitrogens with zero attached hydrogens (tertiary/aromatic N) is 4. The van der Waals surface area contributed by atoms with Crippen LogP contribution in [0.4, 0.5) is 0 Å². The average molecular weight is 610 g/mol. The summed E-state index contributed by atoms with van der Waals surface area (Å²) >= 11 is 1.43. The molecule has 0 saturated carbocycles. The van der Waals surface area contributed by atoms with Crippen molar-refractivity contribution in [3.8, 4) is 16.3 Å². The number of thiophene rings is 1. The molecule has 2 aromatic carbocycles. The second-order valence-electron chi connectivity index (χ2n) is 10.7. The highest BCUT2D eigenvalue weighted by molar-refractivity contribution is 7.89. The molecule has 0 radical (unpaired) electrons. The molecule has 1 fully saturated rings. The predicted octanol–water partition coefficient (Wildman–Crippen LogP) is 2.47. The molecule has 2 bridgehead atoms. The number of carbonyl (C=O) groups excluding carboxylic acids is 2. The van der Waals surface area contributed by atoms with Gasteiger partial charge in [-0.15, -0.1) is 11.3 Å². The minimum Gasteiger partial charge on any atom is -0.490 e. The molecule has 2 aliphatic heterocycles. The summed E-state index contributed by atoms with van der Waals surface area (Å²) < 4.78 is 37.5. The summed E-state index contributed by atoms with van der Waals surface area (Å²) in [6, 6.07) is 14.1. The number of ether oxygens (including phenoxy) is 1. The molecule has 0 aliphatic carbocycles. The van der Waals surface area contributed by atoms with E-state index in [4.69, 9.17) is 4.74 Å². The Morgan fingerprint density at radius 2 is 1.86 bits per heavy atom. The minimum absolute atomic E-state index is 0.0199. The van der Waals surface area contributed by atoms with Crippen LogP contribution in [0, 0.1) is 0 Å². The van der Waals surface area contributed by atoms with Crippen molar-refractivity contribution in [2.24, 2.45) is 7.05 Å². The number of rotatable bonds is 3. The zero-order chi connectivity index (χ0) is 29.6. The topological polar surface area (TPSA) is 134 Å². The third-order valence-electron chi connectivity index (χ3n) is 7.79. The van der Waals surface area contributed by atoms with Gasteiger partial charge >= 0.3 is 0 Å². The van der Waals surface area contributed by atoms with Crippen LogP contribution in [0.15, 0.2) is 64.9 Å².